The van der Waals surface area contributed by atoms with Crippen molar-refractivity contribution in [3.63, 3.8) is 0 Å². The van der Waals surface area contributed by atoms with Crippen LogP contribution in [-0.2, 0) is 0 Å². The van der Waals surface area contributed by atoms with Crippen LogP contribution in [0.5, 0.6) is 29.2 Å². The van der Waals surface area contributed by atoms with Crippen molar-refractivity contribution in [3.8, 4) is 29.2 Å². The first-order chi connectivity index (χ1) is 18.0. The highest BCUT2D eigenvalue weighted by Crippen LogP contribution is 2.35. The number of carbonyl (C=O) groups is 1. The molecule has 0 aliphatic heterocycles. The summed E-state index contributed by atoms with van der Waals surface area (Å²) in [6.45, 7) is 8.31. The predicted octanol–water partition coefficient (Wildman–Crippen LogP) is 4.05. The van der Waals surface area contributed by atoms with Crippen molar-refractivity contribution in [1.82, 2.24) is 14.9 Å². The number of hydrogen-bond donors (Lipinski definition) is 2. The number of nitrogens with one attached hydrogen (secondary N) is 2. The molecular weight excluding hydrogens is 506 g/mol. The van der Waals surface area contributed by atoms with Gasteiger partial charge in [-0.1, -0.05) is 30.9 Å². The molecule has 206 valence electrons. The topological polar surface area (TPSA) is 120 Å². The van der Waals surface area contributed by atoms with Crippen molar-refractivity contribution in [2.24, 2.45) is 0 Å². The fourth-order valence-electron chi connectivity index (χ4n) is 3.50. The molecule has 2 heterocycles. The minimum absolute atomic E-state index is 0.0234. The third-order valence-electron chi connectivity index (χ3n) is 5.58. The molecule has 1 aromatic carbocycles. The lowest BCUT2D eigenvalue weighted by molar-refractivity contribution is 0.0990. The van der Waals surface area contributed by atoms with Gasteiger partial charge in [-0.15, -0.1) is 0 Å². The number of aromatic nitrogens is 2. The Hall–Kier alpha value is -3.77. The van der Waals surface area contributed by atoms with Crippen LogP contribution in [-0.4, -0.2) is 77.4 Å². The second-order valence-electron chi connectivity index (χ2n) is 9.81. The molecule has 0 unspecified atom stereocenters. The van der Waals surface area contributed by atoms with Crippen molar-refractivity contribution >= 4 is 30.8 Å². The Labute approximate surface area is 224 Å². The SMILES string of the molecule is COc1ccc([Si](C)(C)C)cc1Oc1ccc(C(=O)Nc2c(OC)nc(NCCCN(C)C)nc2OC)o1. The summed E-state index contributed by atoms with van der Waals surface area (Å²) in [5, 5.41) is 7.07. The zero-order chi connectivity index (χ0) is 27.9. The van der Waals surface area contributed by atoms with Crippen LogP contribution < -0.4 is 34.8 Å². The lowest BCUT2D eigenvalue weighted by Gasteiger charge is -2.18. The van der Waals surface area contributed by atoms with E-state index in [9.17, 15) is 4.79 Å². The molecule has 0 saturated heterocycles. The van der Waals surface area contributed by atoms with E-state index in [1.807, 2.05) is 32.3 Å². The first-order valence-electron chi connectivity index (χ1n) is 12.2. The molecule has 1 amide bonds. The van der Waals surface area contributed by atoms with Crippen LogP contribution in [0, 0.1) is 0 Å². The van der Waals surface area contributed by atoms with Gasteiger partial charge in [0.2, 0.25) is 17.7 Å². The summed E-state index contributed by atoms with van der Waals surface area (Å²) in [7, 11) is 6.92. The van der Waals surface area contributed by atoms with Crippen LogP contribution in [0.3, 0.4) is 0 Å². The molecule has 0 spiro atoms. The zero-order valence-corrected chi connectivity index (χ0v) is 24.3. The van der Waals surface area contributed by atoms with E-state index >= 15 is 0 Å². The van der Waals surface area contributed by atoms with E-state index in [1.165, 1.54) is 25.5 Å². The van der Waals surface area contributed by atoms with Gasteiger partial charge in [0.05, 0.1) is 29.4 Å². The Morgan fingerprint density at radius 3 is 2.24 bits per heavy atom. The molecule has 2 N–H and O–H groups in total. The first-order valence-corrected chi connectivity index (χ1v) is 15.7. The van der Waals surface area contributed by atoms with Gasteiger partial charge in [-0.2, -0.15) is 9.97 Å². The maximum absolute atomic E-state index is 13.0. The molecule has 38 heavy (non-hydrogen) atoms. The number of benzene rings is 1. The molecule has 2 aromatic heterocycles. The summed E-state index contributed by atoms with van der Waals surface area (Å²) in [6.07, 6.45) is 0.899. The number of methoxy groups -OCH3 is 3. The first kappa shape index (κ1) is 28.8. The van der Waals surface area contributed by atoms with Crippen LogP contribution in [0.15, 0.2) is 34.7 Å². The van der Waals surface area contributed by atoms with Crippen molar-refractivity contribution in [3.05, 3.63) is 36.1 Å². The summed E-state index contributed by atoms with van der Waals surface area (Å²) < 4.78 is 27.9. The normalized spacial score (nSPS) is 11.3. The number of rotatable bonds is 13. The Morgan fingerprint density at radius 1 is 0.974 bits per heavy atom. The highest BCUT2D eigenvalue weighted by Gasteiger charge is 2.23. The smallest absolute Gasteiger partial charge is 0.291 e. The fourth-order valence-corrected chi connectivity index (χ4v) is 4.65. The Morgan fingerprint density at radius 2 is 1.66 bits per heavy atom. The van der Waals surface area contributed by atoms with Crippen LogP contribution in [0.1, 0.15) is 17.0 Å². The molecule has 0 aliphatic rings. The monoisotopic (exact) mass is 543 g/mol. The number of hydrogen-bond acceptors (Lipinski definition) is 10. The Bertz CT molecular complexity index is 1220. The Balaban J connectivity index is 1.76. The minimum Gasteiger partial charge on any atom is -0.493 e. The van der Waals surface area contributed by atoms with Gasteiger partial charge in [-0.05, 0) is 45.3 Å². The predicted molar refractivity (Wildman–Crippen MR) is 150 cm³/mol. The van der Waals surface area contributed by atoms with Crippen LogP contribution in [0.25, 0.3) is 0 Å². The highest BCUT2D eigenvalue weighted by molar-refractivity contribution is 6.88. The molecule has 0 aliphatic carbocycles. The highest BCUT2D eigenvalue weighted by atomic mass is 28.3. The van der Waals surface area contributed by atoms with Crippen LogP contribution in [0.2, 0.25) is 19.6 Å². The van der Waals surface area contributed by atoms with E-state index < -0.39 is 14.0 Å². The molecule has 11 nitrogen and oxygen atoms in total. The third-order valence-corrected chi connectivity index (χ3v) is 7.62. The van der Waals surface area contributed by atoms with Crippen LogP contribution in [0.4, 0.5) is 11.6 Å². The van der Waals surface area contributed by atoms with E-state index in [4.69, 9.17) is 23.4 Å². The van der Waals surface area contributed by atoms with Crippen LogP contribution >= 0.6 is 0 Å². The number of anilines is 2. The van der Waals surface area contributed by atoms with Crippen molar-refractivity contribution in [2.45, 2.75) is 26.1 Å². The molecule has 0 radical (unpaired) electrons. The van der Waals surface area contributed by atoms with E-state index in [1.54, 1.807) is 13.2 Å². The molecule has 3 aromatic rings. The Kier molecular flexibility index (Phi) is 9.59. The van der Waals surface area contributed by atoms with E-state index in [-0.39, 0.29) is 29.2 Å². The minimum atomic E-state index is -1.58. The molecular formula is C26H37N5O6Si. The van der Waals surface area contributed by atoms with Gasteiger partial charge in [0, 0.05) is 12.6 Å². The van der Waals surface area contributed by atoms with Gasteiger partial charge in [-0.25, -0.2) is 0 Å². The molecule has 0 bridgehead atoms. The molecule has 0 fully saturated rings. The lowest BCUT2D eigenvalue weighted by atomic mass is 10.3. The van der Waals surface area contributed by atoms with Gasteiger partial charge in [0.15, 0.2) is 22.9 Å². The second kappa shape index (κ2) is 12.7. The maximum Gasteiger partial charge on any atom is 0.291 e. The molecule has 0 saturated carbocycles. The molecule has 12 heteroatoms. The molecule has 3 rings (SSSR count). The third kappa shape index (κ3) is 7.39. The summed E-state index contributed by atoms with van der Waals surface area (Å²) >= 11 is 0. The largest absolute Gasteiger partial charge is 0.493 e. The quantitative estimate of drug-likeness (QED) is 0.241. The van der Waals surface area contributed by atoms with Crippen molar-refractivity contribution in [1.29, 1.82) is 0 Å². The number of nitrogens with zero attached hydrogens (tertiary/aromatic N) is 3. The summed E-state index contributed by atoms with van der Waals surface area (Å²) in [4.78, 5) is 23.8. The maximum atomic E-state index is 13.0. The summed E-state index contributed by atoms with van der Waals surface area (Å²) in [5.41, 5.74) is 0.183. The standard InChI is InChI=1S/C26H37N5O6Si/c1-31(2)15-9-14-27-26-29-24(34-4)22(25(30-26)35-5)28-23(32)19-12-13-21(36-19)37-20-16-17(38(6,7)8)10-11-18(20)33-3/h10-13,16H,9,14-15H2,1-8H3,(H,28,32)(H,27,29,30). The van der Waals surface area contributed by atoms with E-state index in [0.717, 1.165) is 13.0 Å². The van der Waals surface area contributed by atoms with Gasteiger partial charge >= 0.3 is 0 Å². The summed E-state index contributed by atoms with van der Waals surface area (Å²) in [5.74, 6) is 1.33. The van der Waals surface area contributed by atoms with Crippen molar-refractivity contribution < 1.29 is 28.2 Å². The van der Waals surface area contributed by atoms with Gasteiger partial charge in [0.1, 0.15) is 0 Å². The van der Waals surface area contributed by atoms with Gasteiger partial charge in [-0.3, -0.25) is 4.79 Å². The second-order valence-corrected chi connectivity index (χ2v) is 14.9. The van der Waals surface area contributed by atoms with E-state index in [0.29, 0.717) is 24.0 Å². The summed E-state index contributed by atoms with van der Waals surface area (Å²) in [6, 6.07) is 8.96. The fraction of sp³-hybridized carbons (Fsp3) is 0.423. The van der Waals surface area contributed by atoms with Crippen molar-refractivity contribution in [2.75, 3.05) is 59.1 Å². The van der Waals surface area contributed by atoms with Gasteiger partial charge in [0.25, 0.3) is 11.9 Å². The van der Waals surface area contributed by atoms with Gasteiger partial charge < -0.3 is 38.9 Å². The number of carbonyl (C=O) groups excluding carboxylic acids is 1. The number of amides is 1. The lowest BCUT2D eigenvalue weighted by Crippen LogP contribution is -2.37. The zero-order valence-electron chi connectivity index (χ0n) is 23.3. The molecule has 0 atom stereocenters. The van der Waals surface area contributed by atoms with E-state index in [2.05, 4.69) is 45.1 Å². The number of ether oxygens (including phenoxy) is 4. The average molecular weight is 544 g/mol. The number of furan rings is 1. The average Bonchev–Trinajstić information content (AvgIpc) is 3.35.